The summed E-state index contributed by atoms with van der Waals surface area (Å²) < 4.78 is 34.5. The summed E-state index contributed by atoms with van der Waals surface area (Å²) in [5.74, 6) is -0.0689. The average molecular weight is 387 g/mol. The topological polar surface area (TPSA) is 73.6 Å². The second-order valence-corrected chi connectivity index (χ2v) is 5.18. The number of ether oxygens (including phenoxy) is 2. The molecule has 0 aliphatic rings. The van der Waals surface area contributed by atoms with Crippen molar-refractivity contribution in [3.63, 3.8) is 0 Å². The van der Waals surface area contributed by atoms with Crippen molar-refractivity contribution in [3.05, 3.63) is 59.2 Å². The molecule has 142 valence electrons. The molecule has 0 radical (unpaired) electrons. The number of alkyl halides is 2. The van der Waals surface area contributed by atoms with Crippen LogP contribution < -0.4 is 20.5 Å². The van der Waals surface area contributed by atoms with E-state index in [-0.39, 0.29) is 36.4 Å². The van der Waals surface area contributed by atoms with Gasteiger partial charge in [-0.3, -0.25) is 4.79 Å². The van der Waals surface area contributed by atoms with E-state index in [0.29, 0.717) is 24.3 Å². The molecule has 8 heteroatoms. The summed E-state index contributed by atoms with van der Waals surface area (Å²) in [5.41, 5.74) is 7.68. The molecule has 0 bridgehead atoms. The van der Waals surface area contributed by atoms with Crippen LogP contribution in [-0.4, -0.2) is 19.1 Å². The molecule has 1 amide bonds. The van der Waals surface area contributed by atoms with Crippen LogP contribution in [0.25, 0.3) is 0 Å². The van der Waals surface area contributed by atoms with Crippen LogP contribution in [0.4, 0.5) is 8.78 Å². The predicted molar refractivity (Wildman–Crippen MR) is 97.0 cm³/mol. The third kappa shape index (κ3) is 6.16. The molecule has 0 atom stereocenters. The summed E-state index contributed by atoms with van der Waals surface area (Å²) in [6.07, 6.45) is 0. The Labute approximate surface area is 156 Å². The Kier molecular flexibility index (Phi) is 8.81. The Hall–Kier alpha value is -2.38. The third-order valence-corrected chi connectivity index (χ3v) is 3.43. The van der Waals surface area contributed by atoms with E-state index < -0.39 is 6.61 Å². The van der Waals surface area contributed by atoms with Gasteiger partial charge in [-0.2, -0.15) is 8.78 Å². The average Bonchev–Trinajstić information content (AvgIpc) is 2.61. The highest BCUT2D eigenvalue weighted by Gasteiger charge is 2.12. The van der Waals surface area contributed by atoms with Crippen LogP contribution in [0.2, 0.25) is 0 Å². The van der Waals surface area contributed by atoms with E-state index in [0.717, 1.165) is 5.56 Å². The van der Waals surface area contributed by atoms with Gasteiger partial charge in [-0.25, -0.2) is 0 Å². The van der Waals surface area contributed by atoms with Crippen molar-refractivity contribution in [2.75, 3.05) is 6.61 Å². The lowest BCUT2D eigenvalue weighted by Crippen LogP contribution is -2.22. The Morgan fingerprint density at radius 3 is 2.35 bits per heavy atom. The standard InChI is InChI=1S/C18H20F2N2O3.ClH/c1-2-24-16-9-13(5-8-15(16)25-18(19)20)11-22-17(23)14-6-3-12(10-21)4-7-14;/h3-9,18H,2,10-11,21H2,1H3,(H,22,23);1H. The number of halogens is 3. The van der Waals surface area contributed by atoms with Gasteiger partial charge >= 0.3 is 6.61 Å². The van der Waals surface area contributed by atoms with Gasteiger partial charge in [-0.1, -0.05) is 18.2 Å². The number of rotatable bonds is 8. The molecule has 2 rings (SSSR count). The lowest BCUT2D eigenvalue weighted by Gasteiger charge is -2.13. The maximum atomic E-state index is 12.4. The summed E-state index contributed by atoms with van der Waals surface area (Å²) in [6, 6.07) is 11.5. The smallest absolute Gasteiger partial charge is 0.387 e. The quantitative estimate of drug-likeness (QED) is 0.728. The van der Waals surface area contributed by atoms with Gasteiger partial charge in [0.25, 0.3) is 5.91 Å². The van der Waals surface area contributed by atoms with Gasteiger partial charge in [-0.05, 0) is 42.3 Å². The van der Waals surface area contributed by atoms with Crippen molar-refractivity contribution in [1.29, 1.82) is 0 Å². The van der Waals surface area contributed by atoms with Crippen LogP contribution in [0, 0.1) is 0 Å². The SMILES string of the molecule is CCOc1cc(CNC(=O)c2ccc(CN)cc2)ccc1OC(F)F.Cl. The van der Waals surface area contributed by atoms with E-state index in [1.165, 1.54) is 6.07 Å². The van der Waals surface area contributed by atoms with Crippen LogP contribution in [-0.2, 0) is 13.1 Å². The third-order valence-electron chi connectivity index (χ3n) is 3.43. The summed E-state index contributed by atoms with van der Waals surface area (Å²) in [7, 11) is 0. The van der Waals surface area contributed by atoms with E-state index in [4.69, 9.17) is 10.5 Å². The van der Waals surface area contributed by atoms with Gasteiger partial charge in [0, 0.05) is 18.7 Å². The lowest BCUT2D eigenvalue weighted by atomic mass is 10.1. The lowest BCUT2D eigenvalue weighted by molar-refractivity contribution is -0.0514. The van der Waals surface area contributed by atoms with E-state index in [2.05, 4.69) is 10.1 Å². The van der Waals surface area contributed by atoms with Crippen molar-refractivity contribution in [2.24, 2.45) is 5.73 Å². The second-order valence-electron chi connectivity index (χ2n) is 5.18. The maximum absolute atomic E-state index is 12.4. The summed E-state index contributed by atoms with van der Waals surface area (Å²) in [4.78, 5) is 12.1. The molecule has 0 spiro atoms. The monoisotopic (exact) mass is 386 g/mol. The number of hydrogen-bond acceptors (Lipinski definition) is 4. The second kappa shape index (κ2) is 10.6. The van der Waals surface area contributed by atoms with Crippen LogP contribution >= 0.6 is 12.4 Å². The largest absolute Gasteiger partial charge is 0.490 e. The molecule has 0 aliphatic carbocycles. The summed E-state index contributed by atoms with van der Waals surface area (Å²) >= 11 is 0. The zero-order valence-corrected chi connectivity index (χ0v) is 15.0. The fourth-order valence-electron chi connectivity index (χ4n) is 2.20. The first-order valence-electron chi connectivity index (χ1n) is 7.81. The molecule has 0 fully saturated rings. The van der Waals surface area contributed by atoms with Crippen molar-refractivity contribution < 1.29 is 23.0 Å². The van der Waals surface area contributed by atoms with E-state index in [9.17, 15) is 13.6 Å². The van der Waals surface area contributed by atoms with Crippen molar-refractivity contribution in [1.82, 2.24) is 5.32 Å². The highest BCUT2D eigenvalue weighted by molar-refractivity contribution is 5.94. The minimum Gasteiger partial charge on any atom is -0.490 e. The van der Waals surface area contributed by atoms with Gasteiger partial charge in [-0.15, -0.1) is 12.4 Å². The van der Waals surface area contributed by atoms with Crippen molar-refractivity contribution in [2.45, 2.75) is 26.6 Å². The first-order valence-corrected chi connectivity index (χ1v) is 7.81. The molecule has 2 aromatic rings. The molecule has 26 heavy (non-hydrogen) atoms. The molecule has 2 aromatic carbocycles. The highest BCUT2D eigenvalue weighted by Crippen LogP contribution is 2.29. The molecule has 0 unspecified atom stereocenters. The van der Waals surface area contributed by atoms with Gasteiger partial charge < -0.3 is 20.5 Å². The molecule has 5 nitrogen and oxygen atoms in total. The first-order chi connectivity index (χ1) is 12.0. The van der Waals surface area contributed by atoms with Crippen molar-refractivity contribution >= 4 is 18.3 Å². The Balaban J connectivity index is 0.00000338. The van der Waals surface area contributed by atoms with Gasteiger partial charge in [0.15, 0.2) is 11.5 Å². The van der Waals surface area contributed by atoms with Crippen LogP contribution in [0.15, 0.2) is 42.5 Å². The Bertz CT molecular complexity index is 712. The van der Waals surface area contributed by atoms with Gasteiger partial charge in [0.1, 0.15) is 0 Å². The van der Waals surface area contributed by atoms with E-state index >= 15 is 0 Å². The molecule has 0 saturated heterocycles. The van der Waals surface area contributed by atoms with Crippen molar-refractivity contribution in [3.8, 4) is 11.5 Å². The van der Waals surface area contributed by atoms with E-state index in [1.807, 2.05) is 0 Å². The number of carbonyl (C=O) groups excluding carboxylic acids is 1. The fraction of sp³-hybridized carbons (Fsp3) is 0.278. The molecule has 0 heterocycles. The van der Waals surface area contributed by atoms with Crippen LogP contribution in [0.1, 0.15) is 28.4 Å². The molecular weight excluding hydrogens is 366 g/mol. The minimum absolute atomic E-state index is 0. The zero-order valence-electron chi connectivity index (χ0n) is 14.2. The van der Waals surface area contributed by atoms with Gasteiger partial charge in [0.2, 0.25) is 0 Å². The number of carbonyl (C=O) groups is 1. The normalized spacial score (nSPS) is 10.2. The molecule has 0 saturated carbocycles. The van der Waals surface area contributed by atoms with Gasteiger partial charge in [0.05, 0.1) is 6.61 Å². The fourth-order valence-corrected chi connectivity index (χ4v) is 2.20. The highest BCUT2D eigenvalue weighted by atomic mass is 35.5. The Morgan fingerprint density at radius 1 is 1.12 bits per heavy atom. The zero-order chi connectivity index (χ0) is 18.2. The number of hydrogen-bond donors (Lipinski definition) is 2. The number of nitrogens with one attached hydrogen (secondary N) is 1. The number of benzene rings is 2. The van der Waals surface area contributed by atoms with E-state index in [1.54, 1.807) is 43.3 Å². The Morgan fingerprint density at radius 2 is 1.77 bits per heavy atom. The maximum Gasteiger partial charge on any atom is 0.387 e. The first kappa shape index (κ1) is 21.7. The van der Waals surface area contributed by atoms with Crippen LogP contribution in [0.3, 0.4) is 0 Å². The van der Waals surface area contributed by atoms with Crippen LogP contribution in [0.5, 0.6) is 11.5 Å². The number of nitrogens with two attached hydrogens (primary N) is 1. The predicted octanol–water partition coefficient (Wildman–Crippen LogP) is 3.50. The minimum atomic E-state index is -2.93. The molecule has 0 aromatic heterocycles. The number of amides is 1. The molecule has 3 N–H and O–H groups in total. The summed E-state index contributed by atoms with van der Waals surface area (Å²) in [5, 5.41) is 2.77. The molecule has 0 aliphatic heterocycles. The summed E-state index contributed by atoms with van der Waals surface area (Å²) in [6.45, 7) is -0.239. The molecular formula is C18H21ClF2N2O3.